The molecule has 218 valence electrons. The average molecular weight is 510 g/mol. The summed E-state index contributed by atoms with van der Waals surface area (Å²) in [4.78, 5) is 2.90. The maximum absolute atomic E-state index is 2.90. The van der Waals surface area contributed by atoms with Gasteiger partial charge in [0.25, 0.3) is 0 Å². The molecule has 3 heteroatoms. The van der Waals surface area contributed by atoms with Crippen LogP contribution >= 0.6 is 0 Å². The molecule has 0 saturated carbocycles. The van der Waals surface area contributed by atoms with Crippen molar-refractivity contribution in [3.05, 3.63) is 0 Å². The Kier molecular flexibility index (Phi) is 26.4. The molecule has 2 atom stereocenters. The second-order valence-corrected chi connectivity index (χ2v) is 11.7. The van der Waals surface area contributed by atoms with Crippen molar-refractivity contribution in [2.24, 2.45) is 11.8 Å². The molecule has 0 aliphatic heterocycles. The molecule has 0 spiro atoms. The number of rotatable bonds is 28. The lowest BCUT2D eigenvalue weighted by molar-refractivity contribution is -0.0728. The van der Waals surface area contributed by atoms with E-state index in [-0.39, 0.29) is 0 Å². The normalized spacial score (nSPS) is 13.8. The first-order valence-electron chi connectivity index (χ1n) is 16.8. The molecular weight excluding hydrogens is 438 g/mol. The Morgan fingerprint density at radius 1 is 0.417 bits per heavy atom. The SMILES string of the molecule is CCCCCCN(CCCCCC)N(CCCC)CN(CC(CC)CCCC)CC(CC)CCCC. The first kappa shape index (κ1) is 35.9. The molecule has 0 rings (SSSR count). The Morgan fingerprint density at radius 3 is 1.22 bits per heavy atom. The summed E-state index contributed by atoms with van der Waals surface area (Å²) in [5, 5.41) is 5.61. The molecule has 0 aromatic carbocycles. The van der Waals surface area contributed by atoms with Gasteiger partial charge in [-0.15, -0.1) is 0 Å². The van der Waals surface area contributed by atoms with Crippen LogP contribution in [0.4, 0.5) is 0 Å². The molecule has 0 aromatic heterocycles. The fourth-order valence-corrected chi connectivity index (χ4v) is 5.46. The second kappa shape index (κ2) is 26.5. The van der Waals surface area contributed by atoms with Crippen molar-refractivity contribution in [1.82, 2.24) is 14.9 Å². The van der Waals surface area contributed by atoms with Gasteiger partial charge in [0.2, 0.25) is 0 Å². The van der Waals surface area contributed by atoms with E-state index in [2.05, 4.69) is 63.4 Å². The van der Waals surface area contributed by atoms with Crippen LogP contribution in [0.2, 0.25) is 0 Å². The van der Waals surface area contributed by atoms with Crippen molar-refractivity contribution < 1.29 is 0 Å². The molecule has 0 radical (unpaired) electrons. The van der Waals surface area contributed by atoms with E-state index in [1.807, 2.05) is 0 Å². The molecule has 0 N–H and O–H groups in total. The molecule has 0 saturated heterocycles. The van der Waals surface area contributed by atoms with Gasteiger partial charge in [0.05, 0.1) is 6.67 Å². The van der Waals surface area contributed by atoms with E-state index < -0.39 is 0 Å². The van der Waals surface area contributed by atoms with Gasteiger partial charge in [0.15, 0.2) is 0 Å². The highest BCUT2D eigenvalue weighted by molar-refractivity contribution is 4.71. The molecule has 0 amide bonds. The predicted octanol–water partition coefficient (Wildman–Crippen LogP) is 10.2. The van der Waals surface area contributed by atoms with E-state index in [1.165, 1.54) is 148 Å². The van der Waals surface area contributed by atoms with Gasteiger partial charge in [-0.25, -0.2) is 10.0 Å². The van der Waals surface area contributed by atoms with Crippen molar-refractivity contribution in [1.29, 1.82) is 0 Å². The lowest BCUT2D eigenvalue weighted by atomic mass is 9.96. The maximum Gasteiger partial charge on any atom is 0.0648 e. The van der Waals surface area contributed by atoms with E-state index in [0.29, 0.717) is 0 Å². The summed E-state index contributed by atoms with van der Waals surface area (Å²) in [5.41, 5.74) is 0. The summed E-state index contributed by atoms with van der Waals surface area (Å²) >= 11 is 0. The molecule has 0 aliphatic rings. The predicted molar refractivity (Wildman–Crippen MR) is 165 cm³/mol. The third kappa shape index (κ3) is 19.0. The molecule has 0 bridgehead atoms. The summed E-state index contributed by atoms with van der Waals surface area (Å²) in [7, 11) is 0. The molecule has 2 unspecified atom stereocenters. The molecular formula is C33H71N3. The van der Waals surface area contributed by atoms with Crippen LogP contribution < -0.4 is 0 Å². The molecule has 0 aliphatic carbocycles. The van der Waals surface area contributed by atoms with Gasteiger partial charge in [-0.2, -0.15) is 0 Å². The highest BCUT2D eigenvalue weighted by Gasteiger charge is 2.22. The van der Waals surface area contributed by atoms with Gasteiger partial charge in [0, 0.05) is 32.7 Å². The molecule has 0 heterocycles. The zero-order valence-corrected chi connectivity index (χ0v) is 26.5. The summed E-state index contributed by atoms with van der Waals surface area (Å²) in [5.74, 6) is 1.70. The average Bonchev–Trinajstić information content (AvgIpc) is 2.90. The van der Waals surface area contributed by atoms with Crippen molar-refractivity contribution in [2.75, 3.05) is 39.4 Å². The summed E-state index contributed by atoms with van der Waals surface area (Å²) in [6, 6.07) is 0. The molecule has 3 nitrogen and oxygen atoms in total. The second-order valence-electron chi connectivity index (χ2n) is 11.7. The Morgan fingerprint density at radius 2 is 0.833 bits per heavy atom. The van der Waals surface area contributed by atoms with Crippen molar-refractivity contribution in [2.45, 2.75) is 164 Å². The first-order valence-corrected chi connectivity index (χ1v) is 16.8. The van der Waals surface area contributed by atoms with Crippen LogP contribution in [0, 0.1) is 11.8 Å². The lowest BCUT2D eigenvalue weighted by Gasteiger charge is -2.41. The van der Waals surface area contributed by atoms with E-state index in [9.17, 15) is 0 Å². The Labute approximate surface area is 230 Å². The van der Waals surface area contributed by atoms with Crippen LogP contribution in [0.3, 0.4) is 0 Å². The number of nitrogens with zero attached hydrogens (tertiary/aromatic N) is 3. The molecule has 0 aromatic rings. The van der Waals surface area contributed by atoms with Crippen LogP contribution in [-0.2, 0) is 0 Å². The standard InChI is InChI=1S/C33H71N3/c1-8-15-20-22-27-35(28-23-21-16-9-2)36(26-19-12-5)31-34(29-32(13-6)24-17-10-3)30-33(14-7)25-18-11-4/h32-33H,8-31H2,1-7H3. The van der Waals surface area contributed by atoms with Crippen molar-refractivity contribution >= 4 is 0 Å². The Balaban J connectivity index is 5.60. The quantitative estimate of drug-likeness (QED) is 0.0590. The van der Waals surface area contributed by atoms with E-state index in [1.54, 1.807) is 0 Å². The minimum Gasteiger partial charge on any atom is -0.289 e. The van der Waals surface area contributed by atoms with Gasteiger partial charge < -0.3 is 0 Å². The summed E-state index contributed by atoms with van der Waals surface area (Å²) in [6.07, 6.45) is 24.4. The fourth-order valence-electron chi connectivity index (χ4n) is 5.46. The smallest absolute Gasteiger partial charge is 0.0648 e. The van der Waals surface area contributed by atoms with Gasteiger partial charge in [-0.05, 0) is 43.9 Å². The first-order chi connectivity index (χ1) is 17.6. The topological polar surface area (TPSA) is 9.72 Å². The lowest BCUT2D eigenvalue weighted by Crippen LogP contribution is -2.51. The third-order valence-corrected chi connectivity index (χ3v) is 8.19. The van der Waals surface area contributed by atoms with E-state index in [0.717, 1.165) is 18.5 Å². The maximum atomic E-state index is 2.90. The van der Waals surface area contributed by atoms with Crippen LogP contribution in [-0.4, -0.2) is 54.3 Å². The fraction of sp³-hybridized carbons (Fsp3) is 1.00. The minimum absolute atomic E-state index is 0.851. The van der Waals surface area contributed by atoms with E-state index >= 15 is 0 Å². The van der Waals surface area contributed by atoms with Gasteiger partial charge >= 0.3 is 0 Å². The van der Waals surface area contributed by atoms with Crippen molar-refractivity contribution in [3.8, 4) is 0 Å². The Hall–Kier alpha value is -0.120. The van der Waals surface area contributed by atoms with Gasteiger partial charge in [-0.1, -0.05) is 132 Å². The number of unbranched alkanes of at least 4 members (excludes halogenated alkanes) is 9. The minimum atomic E-state index is 0.851. The zero-order valence-electron chi connectivity index (χ0n) is 26.5. The van der Waals surface area contributed by atoms with Crippen LogP contribution in [0.1, 0.15) is 164 Å². The number of hydrazine groups is 1. The number of hydrogen-bond donors (Lipinski definition) is 0. The third-order valence-electron chi connectivity index (χ3n) is 8.19. The van der Waals surface area contributed by atoms with Gasteiger partial charge in [0.1, 0.15) is 0 Å². The monoisotopic (exact) mass is 510 g/mol. The van der Waals surface area contributed by atoms with Crippen molar-refractivity contribution in [3.63, 3.8) is 0 Å². The summed E-state index contributed by atoms with van der Waals surface area (Å²) < 4.78 is 0. The van der Waals surface area contributed by atoms with Gasteiger partial charge in [-0.3, -0.25) is 4.90 Å². The largest absolute Gasteiger partial charge is 0.289 e. The highest BCUT2D eigenvalue weighted by Crippen LogP contribution is 2.20. The molecule has 0 fully saturated rings. The molecule has 36 heavy (non-hydrogen) atoms. The zero-order chi connectivity index (χ0) is 26.9. The Bertz CT molecular complexity index is 397. The van der Waals surface area contributed by atoms with Crippen LogP contribution in [0.25, 0.3) is 0 Å². The van der Waals surface area contributed by atoms with E-state index in [4.69, 9.17) is 0 Å². The number of hydrogen-bond acceptors (Lipinski definition) is 3. The highest BCUT2D eigenvalue weighted by atomic mass is 15.6. The summed E-state index contributed by atoms with van der Waals surface area (Å²) in [6.45, 7) is 24.0. The van der Waals surface area contributed by atoms with Crippen LogP contribution in [0.5, 0.6) is 0 Å². The van der Waals surface area contributed by atoms with Crippen LogP contribution in [0.15, 0.2) is 0 Å².